The van der Waals surface area contributed by atoms with Crippen molar-refractivity contribution in [3.63, 3.8) is 0 Å². The van der Waals surface area contributed by atoms with Crippen LogP contribution in [0.15, 0.2) is 18.2 Å². The number of hydrogen-bond donors (Lipinski definition) is 3. The van der Waals surface area contributed by atoms with Crippen LogP contribution in [0.3, 0.4) is 0 Å². The number of carboxylic acid groups (broad SMARTS) is 1. The van der Waals surface area contributed by atoms with E-state index in [-0.39, 0.29) is 6.42 Å². The molecule has 0 fully saturated rings. The number of methoxy groups -OCH3 is 1. The molecule has 0 radical (unpaired) electrons. The number of rotatable bonds is 8. The molecule has 0 saturated carbocycles. The fourth-order valence-electron chi connectivity index (χ4n) is 2.01. The van der Waals surface area contributed by atoms with Crippen LogP contribution < -0.4 is 5.32 Å². The zero-order chi connectivity index (χ0) is 15.1. The third-order valence-electron chi connectivity index (χ3n) is 3.36. The Labute approximate surface area is 119 Å². The van der Waals surface area contributed by atoms with Gasteiger partial charge in [-0.3, -0.25) is 4.79 Å². The minimum absolute atomic E-state index is 0.141. The van der Waals surface area contributed by atoms with E-state index in [1.54, 1.807) is 7.11 Å². The van der Waals surface area contributed by atoms with E-state index in [9.17, 15) is 9.90 Å². The van der Waals surface area contributed by atoms with Crippen molar-refractivity contribution in [3.05, 3.63) is 34.9 Å². The Balaban J connectivity index is 2.81. The summed E-state index contributed by atoms with van der Waals surface area (Å²) in [6.07, 6.45) is -1.00. The van der Waals surface area contributed by atoms with Crippen molar-refractivity contribution < 1.29 is 19.7 Å². The average Bonchev–Trinajstić information content (AvgIpc) is 2.40. The van der Waals surface area contributed by atoms with Crippen LogP contribution in [0.4, 0.5) is 0 Å². The molecule has 0 saturated heterocycles. The first-order valence-electron chi connectivity index (χ1n) is 6.65. The van der Waals surface area contributed by atoms with Crippen LogP contribution >= 0.6 is 0 Å². The van der Waals surface area contributed by atoms with Crippen LogP contribution in [0.1, 0.15) is 29.2 Å². The van der Waals surface area contributed by atoms with Crippen molar-refractivity contribution >= 4 is 5.97 Å². The molecule has 0 aliphatic heterocycles. The van der Waals surface area contributed by atoms with Gasteiger partial charge in [0.25, 0.3) is 0 Å². The summed E-state index contributed by atoms with van der Waals surface area (Å²) in [7, 11) is 1.58. The van der Waals surface area contributed by atoms with Gasteiger partial charge >= 0.3 is 5.97 Å². The zero-order valence-electron chi connectivity index (χ0n) is 12.2. The number of hydrogen-bond acceptors (Lipinski definition) is 4. The van der Waals surface area contributed by atoms with Crippen LogP contribution in [0.2, 0.25) is 0 Å². The second kappa shape index (κ2) is 7.99. The Hall–Kier alpha value is -1.43. The largest absolute Gasteiger partial charge is 0.481 e. The highest BCUT2D eigenvalue weighted by atomic mass is 16.5. The third-order valence-corrected chi connectivity index (χ3v) is 3.36. The summed E-state index contributed by atoms with van der Waals surface area (Å²) in [6, 6.07) is 5.12. The minimum Gasteiger partial charge on any atom is -0.481 e. The molecule has 112 valence electrons. The van der Waals surface area contributed by atoms with Gasteiger partial charge in [-0.2, -0.15) is 0 Å². The van der Waals surface area contributed by atoms with Crippen molar-refractivity contribution in [1.29, 1.82) is 0 Å². The van der Waals surface area contributed by atoms with E-state index in [4.69, 9.17) is 9.84 Å². The first-order chi connectivity index (χ1) is 9.45. The molecule has 0 amide bonds. The van der Waals surface area contributed by atoms with Gasteiger partial charge in [0.1, 0.15) is 0 Å². The molecule has 1 rings (SSSR count). The zero-order valence-corrected chi connectivity index (χ0v) is 12.2. The number of nitrogens with one attached hydrogen (secondary N) is 1. The molecule has 2 unspecified atom stereocenters. The SMILES string of the molecule is COCCNC(CC(=O)O)C(O)c1ccc(C)c(C)c1. The average molecular weight is 281 g/mol. The molecule has 1 aromatic carbocycles. The summed E-state index contributed by atoms with van der Waals surface area (Å²) < 4.78 is 4.93. The maximum Gasteiger partial charge on any atom is 0.305 e. The van der Waals surface area contributed by atoms with Crippen LogP contribution in [0.5, 0.6) is 0 Å². The van der Waals surface area contributed by atoms with Gasteiger partial charge in [-0.25, -0.2) is 0 Å². The Bertz CT molecular complexity index is 447. The lowest BCUT2D eigenvalue weighted by Gasteiger charge is -2.23. The number of ether oxygens (including phenoxy) is 1. The van der Waals surface area contributed by atoms with Gasteiger partial charge in [0.05, 0.1) is 19.1 Å². The fourth-order valence-corrected chi connectivity index (χ4v) is 2.01. The maximum atomic E-state index is 10.9. The Morgan fingerprint density at radius 1 is 1.35 bits per heavy atom. The molecule has 1 aromatic rings. The van der Waals surface area contributed by atoms with E-state index in [2.05, 4.69) is 5.32 Å². The molecule has 3 N–H and O–H groups in total. The minimum atomic E-state index is -0.942. The molecule has 5 heteroatoms. The number of aliphatic hydroxyl groups is 1. The second-order valence-corrected chi connectivity index (χ2v) is 4.94. The topological polar surface area (TPSA) is 78.8 Å². The lowest BCUT2D eigenvalue weighted by molar-refractivity contribution is -0.138. The van der Waals surface area contributed by atoms with E-state index in [1.807, 2.05) is 32.0 Å². The molecular formula is C15H23NO4. The summed E-state index contributed by atoms with van der Waals surface area (Å²) in [5, 5.41) is 22.4. The molecular weight excluding hydrogens is 258 g/mol. The Kier molecular flexibility index (Phi) is 6.64. The molecule has 2 atom stereocenters. The molecule has 0 aliphatic carbocycles. The van der Waals surface area contributed by atoms with E-state index in [0.717, 1.165) is 16.7 Å². The molecule has 0 aromatic heterocycles. The quantitative estimate of drug-likeness (QED) is 0.628. The second-order valence-electron chi connectivity index (χ2n) is 4.94. The number of aliphatic hydroxyl groups excluding tert-OH is 1. The molecule has 20 heavy (non-hydrogen) atoms. The number of carboxylic acids is 1. The smallest absolute Gasteiger partial charge is 0.305 e. The van der Waals surface area contributed by atoms with E-state index in [0.29, 0.717) is 13.2 Å². The van der Waals surface area contributed by atoms with E-state index < -0.39 is 18.1 Å². The predicted octanol–water partition coefficient (Wildman–Crippen LogP) is 1.42. The van der Waals surface area contributed by atoms with Crippen LogP contribution in [0.25, 0.3) is 0 Å². The molecule has 5 nitrogen and oxygen atoms in total. The molecule has 0 spiro atoms. The molecule has 0 bridgehead atoms. The van der Waals surface area contributed by atoms with Gasteiger partial charge in [-0.1, -0.05) is 18.2 Å². The maximum absolute atomic E-state index is 10.9. The third kappa shape index (κ3) is 4.92. The highest BCUT2D eigenvalue weighted by Crippen LogP contribution is 2.21. The van der Waals surface area contributed by atoms with Gasteiger partial charge in [0, 0.05) is 19.7 Å². The van der Waals surface area contributed by atoms with Crippen LogP contribution in [-0.4, -0.2) is 42.5 Å². The standard InChI is InChI=1S/C15H23NO4/c1-10-4-5-12(8-11(10)2)15(19)13(9-14(17)18)16-6-7-20-3/h4-5,8,13,15-16,19H,6-7,9H2,1-3H3,(H,17,18). The van der Waals surface area contributed by atoms with Crippen molar-refractivity contribution in [2.75, 3.05) is 20.3 Å². The van der Waals surface area contributed by atoms with Gasteiger partial charge < -0.3 is 20.3 Å². The monoisotopic (exact) mass is 281 g/mol. The van der Waals surface area contributed by atoms with Gasteiger partial charge in [0.15, 0.2) is 0 Å². The highest BCUT2D eigenvalue weighted by Gasteiger charge is 2.23. The van der Waals surface area contributed by atoms with Crippen molar-refractivity contribution in [2.24, 2.45) is 0 Å². The lowest BCUT2D eigenvalue weighted by Crippen LogP contribution is -2.38. The Morgan fingerprint density at radius 3 is 2.60 bits per heavy atom. The van der Waals surface area contributed by atoms with Crippen molar-refractivity contribution in [2.45, 2.75) is 32.4 Å². The first kappa shape index (κ1) is 16.6. The fraction of sp³-hybridized carbons (Fsp3) is 0.533. The normalized spacial score (nSPS) is 14.0. The van der Waals surface area contributed by atoms with Gasteiger partial charge in [-0.05, 0) is 30.5 Å². The van der Waals surface area contributed by atoms with Crippen molar-refractivity contribution in [1.82, 2.24) is 5.32 Å². The number of aryl methyl sites for hydroxylation is 2. The van der Waals surface area contributed by atoms with Crippen LogP contribution in [-0.2, 0) is 9.53 Å². The predicted molar refractivity (Wildman–Crippen MR) is 76.8 cm³/mol. The number of carbonyl (C=O) groups is 1. The first-order valence-corrected chi connectivity index (χ1v) is 6.65. The van der Waals surface area contributed by atoms with Gasteiger partial charge in [0.2, 0.25) is 0 Å². The van der Waals surface area contributed by atoms with Crippen molar-refractivity contribution in [3.8, 4) is 0 Å². The highest BCUT2D eigenvalue weighted by molar-refractivity contribution is 5.67. The number of benzene rings is 1. The van der Waals surface area contributed by atoms with Crippen LogP contribution in [0, 0.1) is 13.8 Å². The van der Waals surface area contributed by atoms with E-state index in [1.165, 1.54) is 0 Å². The summed E-state index contributed by atoms with van der Waals surface area (Å²) in [5.41, 5.74) is 2.94. The van der Waals surface area contributed by atoms with E-state index >= 15 is 0 Å². The molecule has 0 aliphatic rings. The summed E-state index contributed by atoms with van der Waals surface area (Å²) in [4.78, 5) is 10.9. The Morgan fingerprint density at radius 2 is 2.05 bits per heavy atom. The number of aliphatic carboxylic acids is 1. The van der Waals surface area contributed by atoms with Gasteiger partial charge in [-0.15, -0.1) is 0 Å². The molecule has 0 heterocycles. The summed E-state index contributed by atoms with van der Waals surface area (Å²) >= 11 is 0. The summed E-state index contributed by atoms with van der Waals surface area (Å²) in [5.74, 6) is -0.942. The summed E-state index contributed by atoms with van der Waals surface area (Å²) in [6.45, 7) is 4.93. The lowest BCUT2D eigenvalue weighted by atomic mass is 9.96.